The van der Waals surface area contributed by atoms with E-state index in [4.69, 9.17) is 0 Å². The maximum absolute atomic E-state index is 14.7. The van der Waals surface area contributed by atoms with Crippen LogP contribution in [0.3, 0.4) is 0 Å². The number of hydrogen-bond donors (Lipinski definition) is 1. The van der Waals surface area contributed by atoms with E-state index in [1.807, 2.05) is 30.3 Å². The summed E-state index contributed by atoms with van der Waals surface area (Å²) in [5.74, 6) is 0.105. The Kier molecular flexibility index (Phi) is 3.06. The first-order valence-corrected chi connectivity index (χ1v) is 5.66. The van der Waals surface area contributed by atoms with E-state index in [-0.39, 0.29) is 5.92 Å². The summed E-state index contributed by atoms with van der Waals surface area (Å²) < 4.78 is 14.7. The normalized spacial score (nSPS) is 25.9. The zero-order valence-electron chi connectivity index (χ0n) is 9.17. The van der Waals surface area contributed by atoms with Crippen molar-refractivity contribution in [2.45, 2.75) is 25.4 Å². The van der Waals surface area contributed by atoms with Gasteiger partial charge >= 0.3 is 0 Å². The summed E-state index contributed by atoms with van der Waals surface area (Å²) in [6.07, 6.45) is 2.06. The van der Waals surface area contributed by atoms with Crippen molar-refractivity contribution in [3.8, 4) is 0 Å². The Morgan fingerprint density at radius 3 is 2.67 bits per heavy atom. The predicted molar refractivity (Wildman–Crippen MR) is 60.5 cm³/mol. The molecule has 0 bridgehead atoms. The molecule has 1 nitrogen and oxygen atoms in total. The smallest absolute Gasteiger partial charge is 0.137 e. The highest BCUT2D eigenvalue weighted by molar-refractivity contribution is 5.22. The molecule has 15 heavy (non-hydrogen) atoms. The lowest BCUT2D eigenvalue weighted by atomic mass is 9.80. The second-order valence-corrected chi connectivity index (χ2v) is 4.48. The van der Waals surface area contributed by atoms with Crippen LogP contribution in [0.4, 0.5) is 4.39 Å². The minimum absolute atomic E-state index is 0.105. The van der Waals surface area contributed by atoms with Crippen molar-refractivity contribution in [3.05, 3.63) is 35.9 Å². The zero-order valence-corrected chi connectivity index (χ0v) is 9.17. The molecule has 0 saturated carbocycles. The number of hydrogen-bond acceptors (Lipinski definition) is 1. The fourth-order valence-corrected chi connectivity index (χ4v) is 2.31. The van der Waals surface area contributed by atoms with Crippen molar-refractivity contribution in [2.75, 3.05) is 13.1 Å². The number of nitrogens with one attached hydrogen (secondary N) is 1. The van der Waals surface area contributed by atoms with Gasteiger partial charge in [-0.2, -0.15) is 0 Å². The second kappa shape index (κ2) is 4.31. The van der Waals surface area contributed by atoms with E-state index in [1.54, 1.807) is 6.92 Å². The van der Waals surface area contributed by atoms with Gasteiger partial charge < -0.3 is 5.32 Å². The van der Waals surface area contributed by atoms with E-state index in [1.165, 1.54) is 0 Å². The fraction of sp³-hybridized carbons (Fsp3) is 0.538. The average Bonchev–Trinajstić information content (AvgIpc) is 2.31. The van der Waals surface area contributed by atoms with Gasteiger partial charge in [-0.25, -0.2) is 4.39 Å². The van der Waals surface area contributed by atoms with E-state index in [2.05, 4.69) is 5.32 Å². The lowest BCUT2D eigenvalue weighted by Gasteiger charge is -2.34. The molecule has 1 heterocycles. The van der Waals surface area contributed by atoms with Crippen LogP contribution in [0.5, 0.6) is 0 Å². The van der Waals surface area contributed by atoms with Crippen molar-refractivity contribution in [3.63, 3.8) is 0 Å². The first-order chi connectivity index (χ1) is 7.21. The van der Waals surface area contributed by atoms with E-state index >= 15 is 0 Å². The molecule has 2 atom stereocenters. The molecular formula is C13H18FN. The van der Waals surface area contributed by atoms with Crippen LogP contribution < -0.4 is 5.32 Å². The van der Waals surface area contributed by atoms with Crippen LogP contribution in [-0.4, -0.2) is 13.1 Å². The first kappa shape index (κ1) is 10.6. The number of alkyl halides is 1. The van der Waals surface area contributed by atoms with E-state index in [0.717, 1.165) is 31.5 Å². The van der Waals surface area contributed by atoms with Crippen LogP contribution in [0, 0.1) is 5.92 Å². The Morgan fingerprint density at radius 1 is 1.33 bits per heavy atom. The molecule has 1 fully saturated rings. The molecule has 0 amide bonds. The highest BCUT2D eigenvalue weighted by Crippen LogP contribution is 2.36. The molecule has 0 spiro atoms. The predicted octanol–water partition coefficient (Wildman–Crippen LogP) is 2.87. The number of piperidine rings is 1. The molecule has 1 aliphatic heterocycles. The summed E-state index contributed by atoms with van der Waals surface area (Å²) in [6, 6.07) is 9.51. The Hall–Kier alpha value is -0.890. The lowest BCUT2D eigenvalue weighted by Crippen LogP contribution is -2.39. The third kappa shape index (κ3) is 2.20. The molecule has 1 aromatic rings. The van der Waals surface area contributed by atoms with Gasteiger partial charge in [0, 0.05) is 12.5 Å². The molecule has 2 heteroatoms. The second-order valence-electron chi connectivity index (χ2n) is 4.48. The molecule has 1 saturated heterocycles. The summed E-state index contributed by atoms with van der Waals surface area (Å²) >= 11 is 0. The molecule has 82 valence electrons. The van der Waals surface area contributed by atoms with Crippen LogP contribution in [-0.2, 0) is 5.67 Å². The van der Waals surface area contributed by atoms with Crippen molar-refractivity contribution in [2.24, 2.45) is 5.92 Å². The largest absolute Gasteiger partial charge is 0.316 e. The molecule has 0 radical (unpaired) electrons. The van der Waals surface area contributed by atoms with Crippen LogP contribution in [0.15, 0.2) is 30.3 Å². The third-order valence-electron chi connectivity index (χ3n) is 3.40. The molecule has 0 aromatic heterocycles. The van der Waals surface area contributed by atoms with Crippen LogP contribution in [0.1, 0.15) is 25.3 Å². The monoisotopic (exact) mass is 207 g/mol. The average molecular weight is 207 g/mol. The zero-order chi connectivity index (χ0) is 10.7. The first-order valence-electron chi connectivity index (χ1n) is 5.66. The summed E-state index contributed by atoms with van der Waals surface area (Å²) in [4.78, 5) is 0. The summed E-state index contributed by atoms with van der Waals surface area (Å²) in [5, 5.41) is 3.27. The molecule has 1 N–H and O–H groups in total. The molecular weight excluding hydrogens is 189 g/mol. The van der Waals surface area contributed by atoms with Gasteiger partial charge in [0.2, 0.25) is 0 Å². The van der Waals surface area contributed by atoms with Gasteiger partial charge in [-0.1, -0.05) is 30.3 Å². The van der Waals surface area contributed by atoms with Gasteiger partial charge in [0.1, 0.15) is 5.67 Å². The van der Waals surface area contributed by atoms with Gasteiger partial charge in [-0.05, 0) is 31.9 Å². The van der Waals surface area contributed by atoms with Crippen molar-refractivity contribution in [1.82, 2.24) is 5.32 Å². The van der Waals surface area contributed by atoms with Crippen LogP contribution in [0.2, 0.25) is 0 Å². The summed E-state index contributed by atoms with van der Waals surface area (Å²) in [6.45, 7) is 3.53. The SMILES string of the molecule is CC(F)(c1ccccc1)C1CCCNC1. The van der Waals surface area contributed by atoms with Crippen molar-refractivity contribution < 1.29 is 4.39 Å². The maximum Gasteiger partial charge on any atom is 0.137 e. The minimum Gasteiger partial charge on any atom is -0.316 e. The van der Waals surface area contributed by atoms with Gasteiger partial charge in [-0.3, -0.25) is 0 Å². The highest BCUT2D eigenvalue weighted by atomic mass is 19.1. The molecule has 2 rings (SSSR count). The molecule has 2 unspecified atom stereocenters. The van der Waals surface area contributed by atoms with Gasteiger partial charge in [0.05, 0.1) is 0 Å². The number of rotatable bonds is 2. The van der Waals surface area contributed by atoms with Gasteiger partial charge in [-0.15, -0.1) is 0 Å². The van der Waals surface area contributed by atoms with E-state index in [0.29, 0.717) is 0 Å². The van der Waals surface area contributed by atoms with Crippen molar-refractivity contribution in [1.29, 1.82) is 0 Å². The Labute approximate surface area is 90.7 Å². The number of benzene rings is 1. The van der Waals surface area contributed by atoms with Gasteiger partial charge in [0.25, 0.3) is 0 Å². The maximum atomic E-state index is 14.7. The highest BCUT2D eigenvalue weighted by Gasteiger charge is 2.36. The van der Waals surface area contributed by atoms with Crippen LogP contribution >= 0.6 is 0 Å². The number of halogens is 1. The van der Waals surface area contributed by atoms with Crippen molar-refractivity contribution >= 4 is 0 Å². The van der Waals surface area contributed by atoms with Crippen LogP contribution in [0.25, 0.3) is 0 Å². The summed E-state index contributed by atoms with van der Waals surface area (Å²) in [5.41, 5.74) is -0.395. The fourth-order valence-electron chi connectivity index (χ4n) is 2.31. The molecule has 0 aliphatic carbocycles. The van der Waals surface area contributed by atoms with E-state index < -0.39 is 5.67 Å². The molecule has 1 aromatic carbocycles. The Balaban J connectivity index is 2.18. The standard InChI is InChI=1S/C13H18FN/c1-13(14,11-6-3-2-4-7-11)12-8-5-9-15-10-12/h2-4,6-7,12,15H,5,8-10H2,1H3. The Morgan fingerprint density at radius 2 is 2.07 bits per heavy atom. The molecule has 1 aliphatic rings. The third-order valence-corrected chi connectivity index (χ3v) is 3.40. The topological polar surface area (TPSA) is 12.0 Å². The quantitative estimate of drug-likeness (QED) is 0.786. The minimum atomic E-state index is -1.20. The lowest BCUT2D eigenvalue weighted by molar-refractivity contribution is 0.0812. The van der Waals surface area contributed by atoms with Gasteiger partial charge in [0.15, 0.2) is 0 Å². The summed E-state index contributed by atoms with van der Waals surface area (Å²) in [7, 11) is 0. The van der Waals surface area contributed by atoms with E-state index in [9.17, 15) is 4.39 Å². The Bertz CT molecular complexity index is 302.